The highest BCUT2D eigenvalue weighted by Crippen LogP contribution is 2.13. The average molecular weight is 247 g/mol. The van der Waals surface area contributed by atoms with E-state index in [0.29, 0.717) is 6.61 Å². The van der Waals surface area contributed by atoms with Crippen molar-refractivity contribution < 1.29 is 9.53 Å². The van der Waals surface area contributed by atoms with Crippen LogP contribution in [0.3, 0.4) is 0 Å². The lowest BCUT2D eigenvalue weighted by molar-refractivity contribution is -0.149. The van der Waals surface area contributed by atoms with Crippen LogP contribution in [0.25, 0.3) is 0 Å². The Morgan fingerprint density at radius 2 is 1.94 bits per heavy atom. The van der Waals surface area contributed by atoms with Gasteiger partial charge in [0.05, 0.1) is 12.5 Å². The number of hydrogen-bond acceptors (Lipinski definition) is 3. The molecule has 0 spiro atoms. The summed E-state index contributed by atoms with van der Waals surface area (Å²) >= 11 is 0. The third-order valence-corrected chi connectivity index (χ3v) is 3.37. The summed E-state index contributed by atoms with van der Waals surface area (Å²) in [6.45, 7) is 2.41. The van der Waals surface area contributed by atoms with Crippen molar-refractivity contribution in [2.75, 3.05) is 19.7 Å². The molecule has 0 amide bonds. The zero-order valence-corrected chi connectivity index (χ0v) is 10.7. The smallest absolute Gasteiger partial charge is 0.309 e. The van der Waals surface area contributed by atoms with Gasteiger partial charge in [-0.05, 0) is 44.3 Å². The quantitative estimate of drug-likeness (QED) is 0.640. The second-order valence-electron chi connectivity index (χ2n) is 4.78. The maximum absolute atomic E-state index is 11.8. The number of aryl methyl sites for hydroxylation is 1. The molecule has 0 bridgehead atoms. The molecule has 1 aromatic rings. The van der Waals surface area contributed by atoms with Gasteiger partial charge in [0.1, 0.15) is 0 Å². The SMILES string of the molecule is O=C(OCCCc1ccccc1)C1CCNCC1. The number of nitrogens with one attached hydrogen (secondary N) is 1. The molecule has 0 radical (unpaired) electrons. The van der Waals surface area contributed by atoms with Crippen LogP contribution in [-0.4, -0.2) is 25.7 Å². The second kappa shape index (κ2) is 7.17. The number of piperidine rings is 1. The Kier molecular flexibility index (Phi) is 5.21. The van der Waals surface area contributed by atoms with Crippen molar-refractivity contribution in [3.63, 3.8) is 0 Å². The fourth-order valence-electron chi connectivity index (χ4n) is 2.27. The highest BCUT2D eigenvalue weighted by Gasteiger charge is 2.21. The minimum atomic E-state index is -0.00967. The van der Waals surface area contributed by atoms with E-state index in [4.69, 9.17) is 4.74 Å². The maximum atomic E-state index is 11.8. The number of benzene rings is 1. The highest BCUT2D eigenvalue weighted by molar-refractivity contribution is 5.72. The normalized spacial score (nSPS) is 16.4. The van der Waals surface area contributed by atoms with Crippen molar-refractivity contribution in [3.05, 3.63) is 35.9 Å². The Morgan fingerprint density at radius 3 is 2.67 bits per heavy atom. The molecule has 1 aromatic carbocycles. The molecule has 0 saturated carbocycles. The molecule has 18 heavy (non-hydrogen) atoms. The second-order valence-corrected chi connectivity index (χ2v) is 4.78. The maximum Gasteiger partial charge on any atom is 0.309 e. The summed E-state index contributed by atoms with van der Waals surface area (Å²) in [6, 6.07) is 10.3. The van der Waals surface area contributed by atoms with Crippen LogP contribution in [0.4, 0.5) is 0 Å². The van der Waals surface area contributed by atoms with Crippen LogP contribution in [0.15, 0.2) is 30.3 Å². The van der Waals surface area contributed by atoms with Crippen molar-refractivity contribution in [2.45, 2.75) is 25.7 Å². The number of ether oxygens (including phenoxy) is 1. The highest BCUT2D eigenvalue weighted by atomic mass is 16.5. The standard InChI is InChI=1S/C15H21NO2/c17-15(14-8-10-16-11-9-14)18-12-4-7-13-5-2-1-3-6-13/h1-3,5-6,14,16H,4,7-12H2. The fourth-order valence-corrected chi connectivity index (χ4v) is 2.27. The molecule has 0 unspecified atom stereocenters. The third kappa shape index (κ3) is 4.15. The van der Waals surface area contributed by atoms with Gasteiger partial charge in [-0.3, -0.25) is 4.79 Å². The zero-order chi connectivity index (χ0) is 12.6. The Labute approximate surface area is 109 Å². The van der Waals surface area contributed by atoms with Crippen LogP contribution in [0.2, 0.25) is 0 Å². The molecule has 3 heteroatoms. The van der Waals surface area contributed by atoms with Gasteiger partial charge in [0.15, 0.2) is 0 Å². The molecule has 0 aliphatic carbocycles. The van der Waals surface area contributed by atoms with Gasteiger partial charge in [-0.1, -0.05) is 30.3 Å². The van der Waals surface area contributed by atoms with E-state index in [0.717, 1.165) is 38.8 Å². The molecule has 1 aliphatic heterocycles. The molecule has 1 fully saturated rings. The van der Waals surface area contributed by atoms with E-state index in [1.807, 2.05) is 18.2 Å². The van der Waals surface area contributed by atoms with Crippen LogP contribution in [-0.2, 0) is 16.0 Å². The van der Waals surface area contributed by atoms with Gasteiger partial charge >= 0.3 is 5.97 Å². The van der Waals surface area contributed by atoms with E-state index in [9.17, 15) is 4.79 Å². The van der Waals surface area contributed by atoms with E-state index >= 15 is 0 Å². The van der Waals surface area contributed by atoms with Gasteiger partial charge in [0.25, 0.3) is 0 Å². The number of carbonyl (C=O) groups is 1. The first-order chi connectivity index (χ1) is 8.86. The van der Waals surface area contributed by atoms with Crippen molar-refractivity contribution >= 4 is 5.97 Å². The van der Waals surface area contributed by atoms with Crippen LogP contribution in [0.1, 0.15) is 24.8 Å². The Hall–Kier alpha value is -1.35. The Morgan fingerprint density at radius 1 is 1.22 bits per heavy atom. The predicted molar refractivity (Wildman–Crippen MR) is 71.3 cm³/mol. The van der Waals surface area contributed by atoms with E-state index < -0.39 is 0 Å². The van der Waals surface area contributed by atoms with Gasteiger partial charge in [-0.25, -0.2) is 0 Å². The summed E-state index contributed by atoms with van der Waals surface area (Å²) in [5.74, 6) is 0.104. The third-order valence-electron chi connectivity index (χ3n) is 3.37. The van der Waals surface area contributed by atoms with E-state index in [-0.39, 0.29) is 11.9 Å². The molecule has 3 nitrogen and oxygen atoms in total. The Balaban J connectivity index is 1.61. The van der Waals surface area contributed by atoms with Gasteiger partial charge in [-0.2, -0.15) is 0 Å². The lowest BCUT2D eigenvalue weighted by Crippen LogP contribution is -2.32. The van der Waals surface area contributed by atoms with Crippen LogP contribution in [0.5, 0.6) is 0 Å². The summed E-state index contributed by atoms with van der Waals surface area (Å²) in [5, 5.41) is 3.25. The van der Waals surface area contributed by atoms with Crippen molar-refractivity contribution in [2.24, 2.45) is 5.92 Å². The van der Waals surface area contributed by atoms with Crippen LogP contribution >= 0.6 is 0 Å². The molecular formula is C15H21NO2. The molecule has 0 atom stereocenters. The van der Waals surface area contributed by atoms with E-state index in [1.54, 1.807) is 0 Å². The Bertz CT molecular complexity index is 358. The van der Waals surface area contributed by atoms with Gasteiger partial charge in [0, 0.05) is 0 Å². The van der Waals surface area contributed by atoms with Crippen LogP contribution in [0, 0.1) is 5.92 Å². The van der Waals surface area contributed by atoms with Gasteiger partial charge in [-0.15, -0.1) is 0 Å². The summed E-state index contributed by atoms with van der Waals surface area (Å²) in [4.78, 5) is 11.8. The lowest BCUT2D eigenvalue weighted by Gasteiger charge is -2.20. The van der Waals surface area contributed by atoms with Crippen molar-refractivity contribution in [1.82, 2.24) is 5.32 Å². The molecule has 98 valence electrons. The molecule has 1 N–H and O–H groups in total. The summed E-state index contributed by atoms with van der Waals surface area (Å²) in [6.07, 6.45) is 3.70. The first kappa shape index (κ1) is 13.1. The molecule has 1 heterocycles. The van der Waals surface area contributed by atoms with Crippen molar-refractivity contribution in [1.29, 1.82) is 0 Å². The van der Waals surface area contributed by atoms with Crippen LogP contribution < -0.4 is 5.32 Å². The van der Waals surface area contributed by atoms with Gasteiger partial charge in [0.2, 0.25) is 0 Å². The largest absolute Gasteiger partial charge is 0.465 e. The fraction of sp³-hybridized carbons (Fsp3) is 0.533. The first-order valence-corrected chi connectivity index (χ1v) is 6.77. The molecular weight excluding hydrogens is 226 g/mol. The summed E-state index contributed by atoms with van der Waals surface area (Å²) in [7, 11) is 0. The summed E-state index contributed by atoms with van der Waals surface area (Å²) < 4.78 is 5.34. The number of esters is 1. The monoisotopic (exact) mass is 247 g/mol. The molecule has 0 aromatic heterocycles. The number of hydrogen-bond donors (Lipinski definition) is 1. The summed E-state index contributed by atoms with van der Waals surface area (Å²) in [5.41, 5.74) is 1.30. The van der Waals surface area contributed by atoms with E-state index in [1.165, 1.54) is 5.56 Å². The molecule has 2 rings (SSSR count). The van der Waals surface area contributed by atoms with Crippen molar-refractivity contribution in [3.8, 4) is 0 Å². The predicted octanol–water partition coefficient (Wildman–Crippen LogP) is 2.16. The number of rotatable bonds is 5. The number of carbonyl (C=O) groups excluding carboxylic acids is 1. The van der Waals surface area contributed by atoms with E-state index in [2.05, 4.69) is 17.4 Å². The zero-order valence-electron chi connectivity index (χ0n) is 10.7. The first-order valence-electron chi connectivity index (χ1n) is 6.77. The lowest BCUT2D eigenvalue weighted by atomic mass is 9.98. The molecule has 1 aliphatic rings. The topological polar surface area (TPSA) is 38.3 Å². The van der Waals surface area contributed by atoms with Gasteiger partial charge < -0.3 is 10.1 Å². The average Bonchev–Trinajstić information content (AvgIpc) is 2.45. The minimum absolute atomic E-state index is 0.00967. The minimum Gasteiger partial charge on any atom is -0.465 e. The molecule has 1 saturated heterocycles.